The molecule has 0 unspecified atom stereocenters. The highest BCUT2D eigenvalue weighted by atomic mass is 19.1. The van der Waals surface area contributed by atoms with E-state index in [9.17, 15) is 0 Å². The first-order chi connectivity index (χ1) is 16.0. The van der Waals surface area contributed by atoms with Crippen LogP contribution in [-0.2, 0) is 11.3 Å². The maximum Gasteiger partial charge on any atom is 0.175 e. The van der Waals surface area contributed by atoms with E-state index in [0.29, 0.717) is 35.3 Å². The van der Waals surface area contributed by atoms with Gasteiger partial charge >= 0.3 is 0 Å². The SMILES string of the molecule is Cc1ccc(C[C@@H]2CONC(c3nc(C)ncc3Oc3cccc(C4CC4)c3F)=N2)c(C)c1. The van der Waals surface area contributed by atoms with E-state index >= 15 is 4.39 Å². The van der Waals surface area contributed by atoms with Gasteiger partial charge in [0.25, 0.3) is 0 Å². The van der Waals surface area contributed by atoms with Gasteiger partial charge in [0.2, 0.25) is 0 Å². The maximum atomic E-state index is 15.0. The van der Waals surface area contributed by atoms with Crippen LogP contribution in [0, 0.1) is 26.6 Å². The normalized spacial score (nSPS) is 17.9. The molecule has 1 fully saturated rings. The molecule has 1 aromatic heterocycles. The summed E-state index contributed by atoms with van der Waals surface area (Å²) in [7, 11) is 0. The highest BCUT2D eigenvalue weighted by Gasteiger charge is 2.28. The lowest BCUT2D eigenvalue weighted by molar-refractivity contribution is 0.0621. The van der Waals surface area contributed by atoms with Gasteiger partial charge in [-0.25, -0.2) is 19.8 Å². The highest BCUT2D eigenvalue weighted by Crippen LogP contribution is 2.43. The molecule has 2 aliphatic rings. The first-order valence-electron chi connectivity index (χ1n) is 11.3. The second-order valence-corrected chi connectivity index (χ2v) is 8.84. The Bertz CT molecular complexity index is 1220. The van der Waals surface area contributed by atoms with Crippen LogP contribution in [0.25, 0.3) is 0 Å². The predicted molar refractivity (Wildman–Crippen MR) is 124 cm³/mol. The van der Waals surface area contributed by atoms with Gasteiger partial charge in [0.05, 0.1) is 18.8 Å². The van der Waals surface area contributed by atoms with Crippen molar-refractivity contribution in [2.24, 2.45) is 4.99 Å². The number of aromatic nitrogens is 2. The van der Waals surface area contributed by atoms with Gasteiger partial charge in [-0.15, -0.1) is 0 Å². The van der Waals surface area contributed by atoms with Crippen molar-refractivity contribution in [3.63, 3.8) is 0 Å². The molecule has 1 atom stereocenters. The first kappa shape index (κ1) is 21.5. The van der Waals surface area contributed by atoms with Crippen molar-refractivity contribution in [1.82, 2.24) is 15.4 Å². The molecule has 5 rings (SSSR count). The van der Waals surface area contributed by atoms with Gasteiger partial charge in [0.1, 0.15) is 5.82 Å². The van der Waals surface area contributed by atoms with Crippen LogP contribution >= 0.6 is 0 Å². The number of rotatable bonds is 6. The summed E-state index contributed by atoms with van der Waals surface area (Å²) in [6.45, 7) is 6.43. The Morgan fingerprint density at radius 1 is 1.12 bits per heavy atom. The summed E-state index contributed by atoms with van der Waals surface area (Å²) in [5, 5.41) is 0. The fourth-order valence-electron chi connectivity index (χ4n) is 4.13. The molecule has 1 aliphatic carbocycles. The Morgan fingerprint density at radius 2 is 1.97 bits per heavy atom. The molecular formula is C26H27FN4O2. The van der Waals surface area contributed by atoms with Crippen molar-refractivity contribution in [1.29, 1.82) is 0 Å². The number of amidine groups is 1. The molecule has 0 radical (unpaired) electrons. The summed E-state index contributed by atoms with van der Waals surface area (Å²) in [4.78, 5) is 19.3. The molecule has 0 bridgehead atoms. The van der Waals surface area contributed by atoms with Gasteiger partial charge in [-0.2, -0.15) is 0 Å². The van der Waals surface area contributed by atoms with E-state index in [1.165, 1.54) is 16.7 Å². The number of hydrogen-bond acceptors (Lipinski definition) is 6. The van der Waals surface area contributed by atoms with Crippen molar-refractivity contribution in [2.75, 3.05) is 6.61 Å². The molecule has 33 heavy (non-hydrogen) atoms. The highest BCUT2D eigenvalue weighted by molar-refractivity contribution is 5.99. The van der Waals surface area contributed by atoms with Crippen molar-refractivity contribution < 1.29 is 14.0 Å². The minimum Gasteiger partial charge on any atom is -0.450 e. The van der Waals surface area contributed by atoms with E-state index in [0.717, 1.165) is 19.3 Å². The van der Waals surface area contributed by atoms with Crippen molar-refractivity contribution >= 4 is 5.84 Å². The quantitative estimate of drug-likeness (QED) is 0.570. The van der Waals surface area contributed by atoms with Gasteiger partial charge < -0.3 is 4.74 Å². The largest absolute Gasteiger partial charge is 0.450 e. The number of hydrogen-bond donors (Lipinski definition) is 1. The van der Waals surface area contributed by atoms with Gasteiger partial charge in [-0.1, -0.05) is 35.9 Å². The van der Waals surface area contributed by atoms with E-state index < -0.39 is 0 Å². The summed E-state index contributed by atoms with van der Waals surface area (Å²) in [5.41, 5.74) is 7.72. The minimum absolute atomic E-state index is 0.0827. The number of aryl methyl sites for hydroxylation is 3. The smallest absolute Gasteiger partial charge is 0.175 e. The first-order valence-corrected chi connectivity index (χ1v) is 11.3. The third kappa shape index (κ3) is 4.73. The van der Waals surface area contributed by atoms with Crippen LogP contribution in [0.4, 0.5) is 4.39 Å². The van der Waals surface area contributed by atoms with Crippen LogP contribution in [0.2, 0.25) is 0 Å². The van der Waals surface area contributed by atoms with E-state index in [2.05, 4.69) is 47.5 Å². The van der Waals surface area contributed by atoms with Crippen molar-refractivity contribution in [2.45, 2.75) is 52.0 Å². The zero-order chi connectivity index (χ0) is 22.9. The lowest BCUT2D eigenvalue weighted by Crippen LogP contribution is -2.37. The summed E-state index contributed by atoms with van der Waals surface area (Å²) >= 11 is 0. The third-order valence-electron chi connectivity index (χ3n) is 6.04. The fourth-order valence-corrected chi connectivity index (χ4v) is 4.13. The van der Waals surface area contributed by atoms with Crippen molar-refractivity contribution in [3.8, 4) is 11.5 Å². The predicted octanol–water partition coefficient (Wildman–Crippen LogP) is 5.10. The molecule has 1 saturated carbocycles. The standard InChI is InChI=1S/C26H27FN4O2/c1-15-7-8-19(16(2)11-15)12-20-14-32-31-26(30-20)25-23(13-28-17(3)29-25)33-22-6-4-5-21(24(22)27)18-9-10-18/h4-8,11,13,18,20H,9-10,12,14H2,1-3H3,(H,30,31)/t20-/m1/s1. The molecule has 6 nitrogen and oxygen atoms in total. The number of aliphatic imine (C=N–C) groups is 1. The van der Waals surface area contributed by atoms with Crippen LogP contribution in [0.3, 0.4) is 0 Å². The molecule has 2 aromatic carbocycles. The second-order valence-electron chi connectivity index (χ2n) is 8.84. The number of halogens is 1. The average molecular weight is 447 g/mol. The average Bonchev–Trinajstić information content (AvgIpc) is 3.64. The molecule has 1 N–H and O–H groups in total. The Hall–Kier alpha value is -3.32. The fraction of sp³-hybridized carbons (Fsp3) is 0.346. The summed E-state index contributed by atoms with van der Waals surface area (Å²) in [6, 6.07) is 11.6. The lowest BCUT2D eigenvalue weighted by Gasteiger charge is -2.23. The summed E-state index contributed by atoms with van der Waals surface area (Å²) in [6.07, 6.45) is 4.33. The number of benzene rings is 2. The van der Waals surface area contributed by atoms with Gasteiger partial charge in [0.15, 0.2) is 28.8 Å². The summed E-state index contributed by atoms with van der Waals surface area (Å²) in [5.74, 6) is 1.47. The monoisotopic (exact) mass is 446 g/mol. The number of nitrogens with zero attached hydrogens (tertiary/aromatic N) is 3. The Balaban J connectivity index is 1.44. The summed E-state index contributed by atoms with van der Waals surface area (Å²) < 4.78 is 21.0. The Kier molecular flexibility index (Phi) is 5.81. The Labute approximate surface area is 192 Å². The topological polar surface area (TPSA) is 68.6 Å². The van der Waals surface area contributed by atoms with Crippen LogP contribution in [0.1, 0.15) is 52.5 Å². The van der Waals surface area contributed by atoms with Gasteiger partial charge in [-0.3, -0.25) is 9.83 Å². The molecule has 7 heteroatoms. The number of nitrogens with one attached hydrogen (secondary N) is 1. The molecule has 0 saturated heterocycles. The molecular weight excluding hydrogens is 419 g/mol. The van der Waals surface area contributed by atoms with Crippen molar-refractivity contribution in [3.05, 3.63) is 82.2 Å². The number of hydroxylamine groups is 1. The maximum absolute atomic E-state index is 15.0. The van der Waals surface area contributed by atoms with Crippen LogP contribution in [0.15, 0.2) is 47.6 Å². The molecule has 0 spiro atoms. The van der Waals surface area contributed by atoms with Crippen LogP contribution in [-0.4, -0.2) is 28.5 Å². The van der Waals surface area contributed by atoms with E-state index in [1.54, 1.807) is 19.2 Å². The van der Waals surface area contributed by atoms with Gasteiger partial charge in [-0.05, 0) is 68.7 Å². The lowest BCUT2D eigenvalue weighted by atomic mass is 9.99. The molecule has 0 amide bonds. The zero-order valence-corrected chi connectivity index (χ0v) is 19.1. The van der Waals surface area contributed by atoms with Crippen LogP contribution in [0.5, 0.6) is 11.5 Å². The molecule has 170 valence electrons. The van der Waals surface area contributed by atoms with Crippen LogP contribution < -0.4 is 10.2 Å². The van der Waals surface area contributed by atoms with E-state index in [-0.39, 0.29) is 23.5 Å². The Morgan fingerprint density at radius 3 is 2.76 bits per heavy atom. The second kappa shape index (κ2) is 8.90. The zero-order valence-electron chi connectivity index (χ0n) is 19.1. The minimum atomic E-state index is -0.325. The van der Waals surface area contributed by atoms with Gasteiger partial charge in [0, 0.05) is 0 Å². The molecule has 2 heterocycles. The molecule has 3 aromatic rings. The van der Waals surface area contributed by atoms with E-state index in [4.69, 9.17) is 14.6 Å². The molecule has 1 aliphatic heterocycles. The number of ether oxygens (including phenoxy) is 1. The third-order valence-corrected chi connectivity index (χ3v) is 6.04. The van der Waals surface area contributed by atoms with E-state index in [1.807, 2.05) is 12.1 Å².